The maximum atomic E-state index is 14.1. The number of ether oxygens (including phenoxy) is 2. The molecule has 0 spiro atoms. The maximum absolute atomic E-state index is 14.1. The fourth-order valence-corrected chi connectivity index (χ4v) is 1.62. The minimum absolute atomic E-state index is 0.245. The Labute approximate surface area is 139 Å². The number of esters is 2. The van der Waals surface area contributed by atoms with Gasteiger partial charge in [0.15, 0.2) is 6.10 Å². The summed E-state index contributed by atoms with van der Waals surface area (Å²) < 4.78 is 62.6. The Bertz CT molecular complexity index is 430. The lowest BCUT2D eigenvalue weighted by Gasteiger charge is -2.28. The van der Waals surface area contributed by atoms with Crippen LogP contribution in [0.3, 0.4) is 0 Å². The molecule has 0 saturated carbocycles. The minimum atomic E-state index is -4.04. The van der Waals surface area contributed by atoms with Crippen molar-refractivity contribution in [1.82, 2.24) is 0 Å². The van der Waals surface area contributed by atoms with Gasteiger partial charge in [0, 0.05) is 6.42 Å². The lowest BCUT2D eigenvalue weighted by molar-refractivity contribution is -0.202. The van der Waals surface area contributed by atoms with Crippen molar-refractivity contribution in [3.63, 3.8) is 0 Å². The first-order chi connectivity index (χ1) is 10.8. The van der Waals surface area contributed by atoms with Crippen LogP contribution in [0.2, 0.25) is 0 Å². The second-order valence-electron chi connectivity index (χ2n) is 6.47. The highest BCUT2D eigenvalue weighted by molar-refractivity contribution is 5.80. The van der Waals surface area contributed by atoms with E-state index in [1.807, 2.05) is 0 Å². The molecule has 1 unspecified atom stereocenters. The van der Waals surface area contributed by atoms with E-state index in [1.165, 1.54) is 6.92 Å². The third kappa shape index (κ3) is 7.05. The summed E-state index contributed by atoms with van der Waals surface area (Å²) in [6.07, 6.45) is -2.70. The second kappa shape index (κ2) is 8.67. The van der Waals surface area contributed by atoms with Crippen molar-refractivity contribution in [2.24, 2.45) is 5.41 Å². The molecule has 0 aromatic heterocycles. The van der Waals surface area contributed by atoms with Gasteiger partial charge in [0.1, 0.15) is 0 Å². The lowest BCUT2D eigenvalue weighted by atomic mass is 9.90. The van der Waals surface area contributed by atoms with Crippen LogP contribution in [0.5, 0.6) is 0 Å². The number of carbonyl (C=O) groups excluding carboxylic acids is 2. The van der Waals surface area contributed by atoms with Crippen LogP contribution in [0.1, 0.15) is 60.3 Å². The van der Waals surface area contributed by atoms with E-state index in [-0.39, 0.29) is 12.8 Å². The van der Waals surface area contributed by atoms with E-state index in [2.05, 4.69) is 4.74 Å². The summed E-state index contributed by atoms with van der Waals surface area (Å²) in [5.74, 6) is -9.71. The predicted octanol–water partition coefficient (Wildman–Crippen LogP) is 4.36. The molecular formula is C16H26F4O4. The van der Waals surface area contributed by atoms with Gasteiger partial charge in [-0.1, -0.05) is 13.8 Å². The zero-order chi connectivity index (χ0) is 19.2. The van der Waals surface area contributed by atoms with Crippen molar-refractivity contribution in [1.29, 1.82) is 0 Å². The summed E-state index contributed by atoms with van der Waals surface area (Å²) in [5, 5.41) is 0. The van der Waals surface area contributed by atoms with Crippen LogP contribution < -0.4 is 0 Å². The molecule has 0 radical (unpaired) electrons. The third-order valence-corrected chi connectivity index (χ3v) is 3.73. The van der Waals surface area contributed by atoms with E-state index in [9.17, 15) is 27.2 Å². The molecule has 0 aliphatic heterocycles. The van der Waals surface area contributed by atoms with Gasteiger partial charge in [0.05, 0.1) is 12.0 Å². The summed E-state index contributed by atoms with van der Waals surface area (Å²) >= 11 is 0. The smallest absolute Gasteiger partial charge is 0.381 e. The predicted molar refractivity (Wildman–Crippen MR) is 80.0 cm³/mol. The molecule has 0 aliphatic carbocycles. The molecule has 1 atom stereocenters. The van der Waals surface area contributed by atoms with Gasteiger partial charge in [0.25, 0.3) is 0 Å². The van der Waals surface area contributed by atoms with Gasteiger partial charge in [0.2, 0.25) is 5.92 Å². The molecule has 24 heavy (non-hydrogen) atoms. The van der Waals surface area contributed by atoms with Crippen molar-refractivity contribution >= 4 is 11.9 Å². The van der Waals surface area contributed by atoms with Crippen molar-refractivity contribution in [2.45, 2.75) is 78.3 Å². The Hall–Kier alpha value is -1.34. The summed E-state index contributed by atoms with van der Waals surface area (Å²) in [7, 11) is 0. The average molecular weight is 358 g/mol. The van der Waals surface area contributed by atoms with Gasteiger partial charge in [-0.2, -0.15) is 8.78 Å². The molecule has 0 N–H and O–H groups in total. The zero-order valence-corrected chi connectivity index (χ0v) is 14.8. The number of rotatable bonds is 10. The SMILES string of the molecule is CCC(OC(=O)C(C)(C)CC)C(F)(F)C(=O)OCCCC(C)(F)F. The summed E-state index contributed by atoms with van der Waals surface area (Å²) in [6, 6.07) is 0. The molecule has 142 valence electrons. The van der Waals surface area contributed by atoms with E-state index < -0.39 is 48.3 Å². The number of alkyl halides is 4. The Morgan fingerprint density at radius 3 is 1.96 bits per heavy atom. The van der Waals surface area contributed by atoms with Crippen molar-refractivity contribution in [3.8, 4) is 0 Å². The molecule has 0 aromatic rings. The van der Waals surface area contributed by atoms with E-state index in [0.717, 1.165) is 0 Å². The molecule has 0 aliphatic rings. The zero-order valence-electron chi connectivity index (χ0n) is 14.8. The molecule has 0 aromatic carbocycles. The van der Waals surface area contributed by atoms with Crippen molar-refractivity contribution in [2.75, 3.05) is 6.61 Å². The normalized spacial score (nSPS) is 14.2. The fraction of sp³-hybridized carbons (Fsp3) is 0.875. The molecular weight excluding hydrogens is 332 g/mol. The lowest BCUT2D eigenvalue weighted by Crippen LogP contribution is -2.46. The highest BCUT2D eigenvalue weighted by atomic mass is 19.3. The summed E-state index contributed by atoms with van der Waals surface area (Å²) in [6.45, 7) is 6.27. The van der Waals surface area contributed by atoms with Crippen LogP contribution in [0.25, 0.3) is 0 Å². The Morgan fingerprint density at radius 1 is 1.00 bits per heavy atom. The largest absolute Gasteiger partial charge is 0.461 e. The first-order valence-corrected chi connectivity index (χ1v) is 7.92. The highest BCUT2D eigenvalue weighted by Gasteiger charge is 2.51. The first-order valence-electron chi connectivity index (χ1n) is 7.92. The molecule has 0 bridgehead atoms. The molecule has 4 nitrogen and oxygen atoms in total. The van der Waals surface area contributed by atoms with Crippen LogP contribution in [0, 0.1) is 5.41 Å². The van der Waals surface area contributed by atoms with Gasteiger partial charge < -0.3 is 9.47 Å². The number of carbonyl (C=O) groups is 2. The number of hydrogen-bond acceptors (Lipinski definition) is 4. The molecule has 0 heterocycles. The van der Waals surface area contributed by atoms with Crippen LogP contribution in [0.4, 0.5) is 17.6 Å². The van der Waals surface area contributed by atoms with E-state index in [0.29, 0.717) is 13.3 Å². The monoisotopic (exact) mass is 358 g/mol. The number of hydrogen-bond donors (Lipinski definition) is 0. The third-order valence-electron chi connectivity index (χ3n) is 3.73. The molecule has 0 rings (SSSR count). The van der Waals surface area contributed by atoms with Gasteiger partial charge in [-0.25, -0.2) is 13.6 Å². The van der Waals surface area contributed by atoms with Crippen LogP contribution in [-0.2, 0) is 19.1 Å². The molecule has 0 saturated heterocycles. The Morgan fingerprint density at radius 2 is 1.54 bits per heavy atom. The quantitative estimate of drug-likeness (QED) is 0.331. The van der Waals surface area contributed by atoms with Gasteiger partial charge >= 0.3 is 17.9 Å². The summed E-state index contributed by atoms with van der Waals surface area (Å²) in [4.78, 5) is 23.5. The van der Waals surface area contributed by atoms with Crippen LogP contribution in [0.15, 0.2) is 0 Å². The van der Waals surface area contributed by atoms with Gasteiger partial charge in [-0.05, 0) is 40.0 Å². The topological polar surface area (TPSA) is 52.6 Å². The standard InChI is InChI=1S/C16H26F4O4/c1-6-11(24-12(21)14(3,4)7-2)16(19,20)13(22)23-10-8-9-15(5,17)18/h11H,6-10H2,1-5H3. The average Bonchev–Trinajstić information content (AvgIpc) is 2.47. The second-order valence-corrected chi connectivity index (χ2v) is 6.47. The van der Waals surface area contributed by atoms with E-state index >= 15 is 0 Å². The van der Waals surface area contributed by atoms with Gasteiger partial charge in [-0.3, -0.25) is 4.79 Å². The van der Waals surface area contributed by atoms with Gasteiger partial charge in [-0.15, -0.1) is 0 Å². The summed E-state index contributed by atoms with van der Waals surface area (Å²) in [5.41, 5.74) is -0.958. The first kappa shape index (κ1) is 22.7. The maximum Gasteiger partial charge on any atom is 0.381 e. The van der Waals surface area contributed by atoms with E-state index in [1.54, 1.807) is 20.8 Å². The highest BCUT2D eigenvalue weighted by Crippen LogP contribution is 2.30. The number of halogens is 4. The minimum Gasteiger partial charge on any atom is -0.461 e. The van der Waals surface area contributed by atoms with Crippen molar-refractivity contribution < 1.29 is 36.6 Å². The van der Waals surface area contributed by atoms with Crippen LogP contribution >= 0.6 is 0 Å². The Balaban J connectivity index is 4.73. The Kier molecular flexibility index (Phi) is 8.18. The molecule has 0 amide bonds. The molecule has 0 fully saturated rings. The van der Waals surface area contributed by atoms with Crippen molar-refractivity contribution in [3.05, 3.63) is 0 Å². The van der Waals surface area contributed by atoms with Crippen LogP contribution in [-0.4, -0.2) is 36.5 Å². The fourth-order valence-electron chi connectivity index (χ4n) is 1.62. The van der Waals surface area contributed by atoms with E-state index in [4.69, 9.17) is 4.74 Å². The molecule has 8 heteroatoms.